The summed E-state index contributed by atoms with van der Waals surface area (Å²) in [6.07, 6.45) is 0. The maximum Gasteiger partial charge on any atom is 0.325 e. The Morgan fingerprint density at radius 2 is 1.60 bits per heavy atom. The van der Waals surface area contributed by atoms with Gasteiger partial charge in [-0.15, -0.1) is 0 Å². The molecule has 0 aromatic heterocycles. The highest BCUT2D eigenvalue weighted by Gasteiger charge is 2.53. The number of amides is 2. The summed E-state index contributed by atoms with van der Waals surface area (Å²) in [5.41, 5.74) is 1.05. The summed E-state index contributed by atoms with van der Waals surface area (Å²) >= 11 is 0. The van der Waals surface area contributed by atoms with Crippen molar-refractivity contribution in [1.29, 1.82) is 0 Å². The van der Waals surface area contributed by atoms with Crippen LogP contribution in [0, 0.1) is 5.82 Å². The molecule has 2 saturated heterocycles. The number of hydrogen-bond acceptors (Lipinski definition) is 3. The topological polar surface area (TPSA) is 57.7 Å². The highest BCUT2D eigenvalue weighted by molar-refractivity contribution is 7.91. The lowest BCUT2D eigenvalue weighted by Gasteiger charge is -2.22. The fourth-order valence-electron chi connectivity index (χ4n) is 3.66. The normalized spacial score (nSPS) is 24.6. The molecule has 0 radical (unpaired) electrons. The van der Waals surface area contributed by atoms with Crippen LogP contribution in [0.5, 0.6) is 0 Å². The van der Waals surface area contributed by atoms with E-state index in [1.165, 1.54) is 15.9 Å². The number of fused-ring (bicyclic) bond motifs is 1. The molecule has 2 aliphatic heterocycles. The molecule has 2 aliphatic rings. The smallest absolute Gasteiger partial charge is 0.314 e. The minimum absolute atomic E-state index is 0.0610. The predicted octanol–water partition coefficient (Wildman–Crippen LogP) is 2.43. The van der Waals surface area contributed by atoms with Gasteiger partial charge in [0.25, 0.3) is 0 Å². The van der Waals surface area contributed by atoms with E-state index in [1.54, 1.807) is 42.5 Å². The van der Waals surface area contributed by atoms with Crippen molar-refractivity contribution in [3.8, 4) is 0 Å². The van der Waals surface area contributed by atoms with E-state index in [2.05, 4.69) is 0 Å². The zero-order chi connectivity index (χ0) is 17.6. The number of halogens is 1. The third-order valence-corrected chi connectivity index (χ3v) is 6.51. The zero-order valence-electron chi connectivity index (χ0n) is 13.4. The maximum absolute atomic E-state index is 14.0. The van der Waals surface area contributed by atoms with E-state index >= 15 is 0 Å². The van der Waals surface area contributed by atoms with Gasteiger partial charge in [-0.3, -0.25) is 4.90 Å². The molecular weight excluding hydrogens is 343 g/mol. The van der Waals surface area contributed by atoms with Crippen LogP contribution in [0.15, 0.2) is 54.6 Å². The Balaban J connectivity index is 1.72. The van der Waals surface area contributed by atoms with Crippen LogP contribution in [-0.4, -0.2) is 42.9 Å². The number of para-hydroxylation sites is 1. The summed E-state index contributed by atoms with van der Waals surface area (Å²) in [5.74, 6) is -0.543. The Kier molecular flexibility index (Phi) is 3.76. The minimum atomic E-state index is -3.23. The number of hydrogen-bond donors (Lipinski definition) is 0. The molecule has 2 heterocycles. The van der Waals surface area contributed by atoms with Crippen molar-refractivity contribution in [1.82, 2.24) is 4.90 Å². The van der Waals surface area contributed by atoms with Crippen molar-refractivity contribution < 1.29 is 17.6 Å². The molecule has 5 nitrogen and oxygen atoms in total. The van der Waals surface area contributed by atoms with Crippen LogP contribution in [0.3, 0.4) is 0 Å². The number of carbonyl (C=O) groups is 1. The van der Waals surface area contributed by atoms with Crippen LogP contribution in [0.2, 0.25) is 0 Å². The molecule has 0 saturated carbocycles. The molecule has 0 aliphatic carbocycles. The summed E-state index contributed by atoms with van der Waals surface area (Å²) in [4.78, 5) is 16.0. The number of anilines is 1. The minimum Gasteiger partial charge on any atom is -0.314 e. The molecule has 2 atom stereocenters. The van der Waals surface area contributed by atoms with Crippen molar-refractivity contribution in [2.45, 2.75) is 18.6 Å². The highest BCUT2D eigenvalue weighted by Crippen LogP contribution is 2.35. The summed E-state index contributed by atoms with van der Waals surface area (Å²) in [7, 11) is -3.23. The van der Waals surface area contributed by atoms with E-state index in [4.69, 9.17) is 0 Å². The maximum atomic E-state index is 14.0. The van der Waals surface area contributed by atoms with Gasteiger partial charge in [0.2, 0.25) is 0 Å². The first-order chi connectivity index (χ1) is 12.0. The number of benzene rings is 2. The van der Waals surface area contributed by atoms with E-state index in [1.807, 2.05) is 6.07 Å². The number of sulfone groups is 1. The van der Waals surface area contributed by atoms with E-state index in [0.29, 0.717) is 11.3 Å². The van der Waals surface area contributed by atoms with Crippen LogP contribution in [0.4, 0.5) is 14.9 Å². The van der Waals surface area contributed by atoms with E-state index in [-0.39, 0.29) is 24.1 Å². The molecule has 0 bridgehead atoms. The second kappa shape index (κ2) is 5.84. The molecular formula is C18H17FN2O3S. The van der Waals surface area contributed by atoms with E-state index in [0.717, 1.165) is 0 Å². The van der Waals surface area contributed by atoms with Gasteiger partial charge in [0, 0.05) is 11.3 Å². The Labute approximate surface area is 145 Å². The molecule has 2 fully saturated rings. The quantitative estimate of drug-likeness (QED) is 0.790. The second-order valence-corrected chi connectivity index (χ2v) is 8.57. The molecule has 25 heavy (non-hydrogen) atoms. The van der Waals surface area contributed by atoms with Crippen LogP contribution < -0.4 is 4.90 Å². The second-order valence-electron chi connectivity index (χ2n) is 6.42. The van der Waals surface area contributed by atoms with Gasteiger partial charge in [-0.1, -0.05) is 36.4 Å². The Morgan fingerprint density at radius 1 is 0.960 bits per heavy atom. The standard InChI is InChI=1S/C18H17FN2O3S/c19-15-9-5-4-6-13(15)10-20-16-11-25(23,24)12-17(16)21(18(20)22)14-7-2-1-3-8-14/h1-9,16-17H,10-12H2. The number of urea groups is 1. The fraction of sp³-hybridized carbons (Fsp3) is 0.278. The van der Waals surface area contributed by atoms with Gasteiger partial charge in [0.1, 0.15) is 5.82 Å². The average molecular weight is 360 g/mol. The summed E-state index contributed by atoms with van der Waals surface area (Å²) < 4.78 is 38.3. The molecule has 2 aromatic carbocycles. The van der Waals surface area contributed by atoms with Crippen molar-refractivity contribution in [2.24, 2.45) is 0 Å². The zero-order valence-corrected chi connectivity index (χ0v) is 14.2. The predicted molar refractivity (Wildman–Crippen MR) is 92.5 cm³/mol. The van der Waals surface area contributed by atoms with Gasteiger partial charge in [0.15, 0.2) is 9.84 Å². The molecule has 2 amide bonds. The van der Waals surface area contributed by atoms with Gasteiger partial charge >= 0.3 is 6.03 Å². The van der Waals surface area contributed by atoms with Crippen LogP contribution in [0.1, 0.15) is 5.56 Å². The van der Waals surface area contributed by atoms with Gasteiger partial charge in [0.05, 0.1) is 30.1 Å². The van der Waals surface area contributed by atoms with Gasteiger partial charge in [-0.2, -0.15) is 0 Å². The van der Waals surface area contributed by atoms with Crippen LogP contribution in [-0.2, 0) is 16.4 Å². The summed E-state index contributed by atoms with van der Waals surface area (Å²) in [5, 5.41) is 0. The van der Waals surface area contributed by atoms with Crippen molar-refractivity contribution in [3.63, 3.8) is 0 Å². The largest absolute Gasteiger partial charge is 0.325 e. The molecule has 130 valence electrons. The molecule has 2 unspecified atom stereocenters. The van der Waals surface area contributed by atoms with E-state index < -0.39 is 27.7 Å². The summed E-state index contributed by atoms with van der Waals surface area (Å²) in [6, 6.07) is 14.1. The Morgan fingerprint density at radius 3 is 2.32 bits per heavy atom. The number of nitrogens with zero attached hydrogens (tertiary/aromatic N) is 2. The SMILES string of the molecule is O=C1N(Cc2ccccc2F)C2CS(=O)(=O)CC2N1c1ccccc1. The Bertz CT molecular complexity index is 917. The number of rotatable bonds is 3. The van der Waals surface area contributed by atoms with Gasteiger partial charge in [-0.25, -0.2) is 17.6 Å². The lowest BCUT2D eigenvalue weighted by Crippen LogP contribution is -2.37. The molecule has 0 N–H and O–H groups in total. The molecule has 0 spiro atoms. The van der Waals surface area contributed by atoms with Gasteiger partial charge in [-0.05, 0) is 18.2 Å². The average Bonchev–Trinajstić information content (AvgIpc) is 3.01. The lowest BCUT2D eigenvalue weighted by atomic mass is 10.1. The third kappa shape index (κ3) is 2.78. The highest BCUT2D eigenvalue weighted by atomic mass is 32.2. The number of carbonyl (C=O) groups excluding carboxylic acids is 1. The van der Waals surface area contributed by atoms with Crippen molar-refractivity contribution in [3.05, 3.63) is 66.0 Å². The van der Waals surface area contributed by atoms with Gasteiger partial charge < -0.3 is 4.90 Å². The molecule has 7 heteroatoms. The molecule has 4 rings (SSSR count). The van der Waals surface area contributed by atoms with Crippen molar-refractivity contribution in [2.75, 3.05) is 16.4 Å². The van der Waals surface area contributed by atoms with Crippen LogP contribution in [0.25, 0.3) is 0 Å². The first-order valence-electron chi connectivity index (χ1n) is 8.05. The monoisotopic (exact) mass is 360 g/mol. The first-order valence-corrected chi connectivity index (χ1v) is 9.87. The lowest BCUT2D eigenvalue weighted by molar-refractivity contribution is 0.205. The fourth-order valence-corrected chi connectivity index (χ4v) is 5.61. The Hall–Kier alpha value is -2.41. The first kappa shape index (κ1) is 16.1. The van der Waals surface area contributed by atoms with Crippen LogP contribution >= 0.6 is 0 Å². The molecule has 2 aromatic rings. The van der Waals surface area contributed by atoms with Crippen molar-refractivity contribution >= 4 is 21.6 Å². The van der Waals surface area contributed by atoms with E-state index in [9.17, 15) is 17.6 Å². The third-order valence-electron chi connectivity index (χ3n) is 4.81. The summed E-state index contributed by atoms with van der Waals surface area (Å²) in [6.45, 7) is 0.0610.